The van der Waals surface area contributed by atoms with E-state index in [2.05, 4.69) is 0 Å². The summed E-state index contributed by atoms with van der Waals surface area (Å²) < 4.78 is 11.9. The molecule has 0 aliphatic heterocycles. The zero-order valence-electron chi connectivity index (χ0n) is 12.8. The van der Waals surface area contributed by atoms with E-state index in [4.69, 9.17) is 20.9 Å². The summed E-state index contributed by atoms with van der Waals surface area (Å²) in [6, 6.07) is 20.4. The topological polar surface area (TPSA) is 70.5 Å². The number of hydrogen-bond acceptors (Lipinski definition) is 4. The Morgan fingerprint density at radius 3 is 1.70 bits per heavy atom. The molecule has 4 heteroatoms. The molecule has 0 fully saturated rings. The lowest BCUT2D eigenvalue weighted by Crippen LogP contribution is -1.96. The van der Waals surface area contributed by atoms with Gasteiger partial charge in [-0.2, -0.15) is 0 Å². The standard InChI is InChI=1S/C19H18N2O2/c1-13-10-11-18(22-16-8-4-2-6-14(16)20)19(12-13)23-17-9-5-3-7-15(17)21/h2-12H,20-21H2,1H3. The van der Waals surface area contributed by atoms with E-state index in [1.54, 1.807) is 12.1 Å². The van der Waals surface area contributed by atoms with Crippen LogP contribution in [-0.2, 0) is 0 Å². The smallest absolute Gasteiger partial charge is 0.170 e. The molecule has 3 rings (SSSR count). The molecule has 0 amide bonds. The molecule has 0 aliphatic carbocycles. The van der Waals surface area contributed by atoms with Gasteiger partial charge in [-0.3, -0.25) is 0 Å². The first-order valence-electron chi connectivity index (χ1n) is 7.29. The van der Waals surface area contributed by atoms with Gasteiger partial charge in [-0.1, -0.05) is 30.3 Å². The Balaban J connectivity index is 1.95. The van der Waals surface area contributed by atoms with E-state index in [9.17, 15) is 0 Å². The molecule has 3 aromatic carbocycles. The minimum atomic E-state index is 0.568. The largest absolute Gasteiger partial charge is 0.451 e. The number of benzene rings is 3. The van der Waals surface area contributed by atoms with E-state index in [0.717, 1.165) is 5.56 Å². The van der Waals surface area contributed by atoms with Gasteiger partial charge >= 0.3 is 0 Å². The maximum Gasteiger partial charge on any atom is 0.170 e. The third kappa shape index (κ3) is 3.37. The van der Waals surface area contributed by atoms with Crippen LogP contribution in [0.1, 0.15) is 5.56 Å². The van der Waals surface area contributed by atoms with Crippen molar-refractivity contribution in [3.8, 4) is 23.0 Å². The highest BCUT2D eigenvalue weighted by Gasteiger charge is 2.11. The summed E-state index contributed by atoms with van der Waals surface area (Å²) in [4.78, 5) is 0. The summed E-state index contributed by atoms with van der Waals surface area (Å²) in [6.07, 6.45) is 0. The molecular weight excluding hydrogens is 288 g/mol. The molecule has 116 valence electrons. The quantitative estimate of drug-likeness (QED) is 0.683. The molecule has 0 unspecified atom stereocenters. The zero-order valence-corrected chi connectivity index (χ0v) is 12.8. The van der Waals surface area contributed by atoms with E-state index in [-0.39, 0.29) is 0 Å². The van der Waals surface area contributed by atoms with Gasteiger partial charge < -0.3 is 20.9 Å². The van der Waals surface area contributed by atoms with Crippen LogP contribution in [0.5, 0.6) is 23.0 Å². The Hall–Kier alpha value is -3.14. The van der Waals surface area contributed by atoms with Crippen LogP contribution >= 0.6 is 0 Å². The van der Waals surface area contributed by atoms with Crippen molar-refractivity contribution in [3.63, 3.8) is 0 Å². The molecule has 23 heavy (non-hydrogen) atoms. The fourth-order valence-electron chi connectivity index (χ4n) is 2.16. The molecule has 0 saturated heterocycles. The van der Waals surface area contributed by atoms with Crippen LogP contribution < -0.4 is 20.9 Å². The second-order valence-electron chi connectivity index (χ2n) is 5.23. The number of para-hydroxylation sites is 4. The Morgan fingerprint density at radius 1 is 0.609 bits per heavy atom. The fraction of sp³-hybridized carbons (Fsp3) is 0.0526. The molecule has 0 aromatic heterocycles. The van der Waals surface area contributed by atoms with Crippen LogP contribution in [0.3, 0.4) is 0 Å². The van der Waals surface area contributed by atoms with Gasteiger partial charge in [0.1, 0.15) is 0 Å². The van der Waals surface area contributed by atoms with Crippen LogP contribution in [0.25, 0.3) is 0 Å². The van der Waals surface area contributed by atoms with E-state index in [1.807, 2.05) is 61.5 Å². The first-order valence-corrected chi connectivity index (χ1v) is 7.29. The number of ether oxygens (including phenoxy) is 2. The highest BCUT2D eigenvalue weighted by Crippen LogP contribution is 2.38. The van der Waals surface area contributed by atoms with Crippen molar-refractivity contribution in [2.45, 2.75) is 6.92 Å². The molecule has 4 N–H and O–H groups in total. The third-order valence-electron chi connectivity index (χ3n) is 3.38. The van der Waals surface area contributed by atoms with Crippen molar-refractivity contribution >= 4 is 11.4 Å². The van der Waals surface area contributed by atoms with Crippen LogP contribution in [0.15, 0.2) is 66.7 Å². The van der Waals surface area contributed by atoms with Crippen molar-refractivity contribution in [3.05, 3.63) is 72.3 Å². The Kier molecular flexibility index (Phi) is 4.06. The molecule has 4 nitrogen and oxygen atoms in total. The monoisotopic (exact) mass is 306 g/mol. The Labute approximate surface area is 135 Å². The van der Waals surface area contributed by atoms with E-state index in [1.165, 1.54) is 0 Å². The number of hydrogen-bond donors (Lipinski definition) is 2. The number of nitrogens with two attached hydrogens (primary N) is 2. The highest BCUT2D eigenvalue weighted by molar-refractivity contribution is 5.58. The Bertz CT molecular complexity index is 831. The van der Waals surface area contributed by atoms with Gasteiger partial charge in [-0.25, -0.2) is 0 Å². The average Bonchev–Trinajstić information content (AvgIpc) is 2.54. The molecule has 0 heterocycles. The van der Waals surface area contributed by atoms with Gasteiger partial charge in [0, 0.05) is 0 Å². The van der Waals surface area contributed by atoms with Gasteiger partial charge in [0.2, 0.25) is 0 Å². The van der Waals surface area contributed by atoms with Gasteiger partial charge in [0.25, 0.3) is 0 Å². The number of aryl methyl sites for hydroxylation is 1. The summed E-state index contributed by atoms with van der Waals surface area (Å²) in [6.45, 7) is 1.99. The number of nitrogen functional groups attached to an aromatic ring is 2. The van der Waals surface area contributed by atoms with Crippen LogP contribution in [0, 0.1) is 6.92 Å². The van der Waals surface area contributed by atoms with Crippen LogP contribution in [0.4, 0.5) is 11.4 Å². The summed E-state index contributed by atoms with van der Waals surface area (Å²) >= 11 is 0. The van der Waals surface area contributed by atoms with Crippen LogP contribution in [-0.4, -0.2) is 0 Å². The van der Waals surface area contributed by atoms with E-state index < -0.39 is 0 Å². The normalized spacial score (nSPS) is 10.3. The highest BCUT2D eigenvalue weighted by atomic mass is 16.5. The van der Waals surface area contributed by atoms with Crippen molar-refractivity contribution in [2.24, 2.45) is 0 Å². The van der Waals surface area contributed by atoms with E-state index >= 15 is 0 Å². The van der Waals surface area contributed by atoms with Crippen molar-refractivity contribution in [1.82, 2.24) is 0 Å². The third-order valence-corrected chi connectivity index (χ3v) is 3.38. The second-order valence-corrected chi connectivity index (χ2v) is 5.23. The van der Waals surface area contributed by atoms with Crippen molar-refractivity contribution < 1.29 is 9.47 Å². The van der Waals surface area contributed by atoms with Gasteiger partial charge in [0.15, 0.2) is 23.0 Å². The summed E-state index contributed by atoms with van der Waals surface area (Å²) in [5.41, 5.74) is 14.1. The average molecular weight is 306 g/mol. The predicted octanol–water partition coefficient (Wildman–Crippen LogP) is 4.74. The molecule has 3 aromatic rings. The first-order chi connectivity index (χ1) is 11.1. The van der Waals surface area contributed by atoms with E-state index in [0.29, 0.717) is 34.4 Å². The molecular formula is C19H18N2O2. The predicted molar refractivity (Wildman–Crippen MR) is 93.0 cm³/mol. The van der Waals surface area contributed by atoms with Crippen molar-refractivity contribution in [1.29, 1.82) is 0 Å². The van der Waals surface area contributed by atoms with Gasteiger partial charge in [-0.15, -0.1) is 0 Å². The summed E-state index contributed by atoms with van der Waals surface area (Å²) in [5.74, 6) is 2.34. The molecule has 0 saturated carbocycles. The maximum absolute atomic E-state index is 5.95. The minimum Gasteiger partial charge on any atom is -0.451 e. The van der Waals surface area contributed by atoms with Crippen molar-refractivity contribution in [2.75, 3.05) is 11.5 Å². The number of anilines is 2. The lowest BCUT2D eigenvalue weighted by Gasteiger charge is -2.15. The molecule has 0 atom stereocenters. The summed E-state index contributed by atoms with van der Waals surface area (Å²) in [5, 5.41) is 0. The lowest BCUT2D eigenvalue weighted by molar-refractivity contribution is 0.420. The summed E-state index contributed by atoms with van der Waals surface area (Å²) in [7, 11) is 0. The molecule has 0 spiro atoms. The van der Waals surface area contributed by atoms with Gasteiger partial charge in [-0.05, 0) is 48.9 Å². The molecule has 0 radical (unpaired) electrons. The Morgan fingerprint density at radius 2 is 1.13 bits per heavy atom. The lowest BCUT2D eigenvalue weighted by atomic mass is 10.2. The fourth-order valence-corrected chi connectivity index (χ4v) is 2.16. The molecule has 0 bridgehead atoms. The van der Waals surface area contributed by atoms with Crippen LogP contribution in [0.2, 0.25) is 0 Å². The SMILES string of the molecule is Cc1ccc(Oc2ccccc2N)c(Oc2ccccc2N)c1. The minimum absolute atomic E-state index is 0.568. The zero-order chi connectivity index (χ0) is 16.2. The second kappa shape index (κ2) is 6.32. The maximum atomic E-state index is 5.95. The first kappa shape index (κ1) is 14.8. The molecule has 0 aliphatic rings. The van der Waals surface area contributed by atoms with Gasteiger partial charge in [0.05, 0.1) is 11.4 Å². The number of rotatable bonds is 4.